The average Bonchev–Trinajstić information content (AvgIpc) is 2.39. The van der Waals surface area contributed by atoms with Gasteiger partial charge in [-0.1, -0.05) is 19.1 Å². The highest BCUT2D eigenvalue weighted by molar-refractivity contribution is 5.16. The molecule has 3 heteroatoms. The maximum Gasteiger partial charge on any atom is 0.123 e. The minimum Gasteiger partial charge on any atom is -0.330 e. The van der Waals surface area contributed by atoms with Gasteiger partial charge in [0.2, 0.25) is 0 Å². The Labute approximate surface area is 109 Å². The number of hydrogen-bond donors (Lipinski definition) is 1. The van der Waals surface area contributed by atoms with Crippen LogP contribution in [0.15, 0.2) is 24.3 Å². The lowest BCUT2D eigenvalue weighted by atomic mass is 9.87. The highest BCUT2D eigenvalue weighted by Gasteiger charge is 2.24. The standard InChI is InChI=1S/C15H23FN2/c1-12-6-8-18(11-14(12)10-17)9-7-13-2-4-15(16)5-3-13/h2-5,12,14H,6-11,17H2,1H3/t12-,14-/m0/s1. The molecule has 1 fully saturated rings. The van der Waals surface area contributed by atoms with E-state index >= 15 is 0 Å². The molecule has 1 aliphatic rings. The largest absolute Gasteiger partial charge is 0.330 e. The van der Waals surface area contributed by atoms with Gasteiger partial charge in [0.1, 0.15) is 5.82 Å². The first kappa shape index (κ1) is 13.5. The van der Waals surface area contributed by atoms with Gasteiger partial charge in [-0.05, 0) is 55.5 Å². The van der Waals surface area contributed by atoms with Crippen molar-refractivity contribution in [3.05, 3.63) is 35.6 Å². The van der Waals surface area contributed by atoms with Crippen molar-refractivity contribution in [1.29, 1.82) is 0 Å². The quantitative estimate of drug-likeness (QED) is 0.888. The van der Waals surface area contributed by atoms with Crippen LogP contribution in [-0.2, 0) is 6.42 Å². The molecule has 0 aliphatic carbocycles. The molecule has 0 aromatic heterocycles. The SMILES string of the molecule is C[C@H]1CCN(CCc2ccc(F)cc2)C[C@@H]1CN. The highest BCUT2D eigenvalue weighted by atomic mass is 19.1. The second kappa shape index (κ2) is 6.30. The smallest absolute Gasteiger partial charge is 0.123 e. The number of rotatable bonds is 4. The lowest BCUT2D eigenvalue weighted by Crippen LogP contribution is -2.43. The molecule has 0 spiro atoms. The Kier molecular flexibility index (Phi) is 4.72. The molecule has 1 aromatic rings. The number of likely N-dealkylation sites (tertiary alicyclic amines) is 1. The molecule has 1 heterocycles. The molecule has 0 saturated carbocycles. The third kappa shape index (κ3) is 3.53. The van der Waals surface area contributed by atoms with Crippen LogP contribution in [-0.4, -0.2) is 31.1 Å². The summed E-state index contributed by atoms with van der Waals surface area (Å²) in [6.07, 6.45) is 2.23. The Balaban J connectivity index is 1.81. The summed E-state index contributed by atoms with van der Waals surface area (Å²) in [5, 5.41) is 0. The fourth-order valence-corrected chi connectivity index (χ4v) is 2.67. The van der Waals surface area contributed by atoms with Crippen LogP contribution in [0.5, 0.6) is 0 Å². The number of piperidine rings is 1. The molecule has 2 nitrogen and oxygen atoms in total. The van der Waals surface area contributed by atoms with E-state index in [4.69, 9.17) is 5.73 Å². The summed E-state index contributed by atoms with van der Waals surface area (Å²) >= 11 is 0. The molecular formula is C15H23FN2. The molecule has 18 heavy (non-hydrogen) atoms. The maximum atomic E-state index is 12.8. The number of halogens is 1. The van der Waals surface area contributed by atoms with Crippen molar-refractivity contribution >= 4 is 0 Å². The van der Waals surface area contributed by atoms with E-state index in [1.807, 2.05) is 12.1 Å². The van der Waals surface area contributed by atoms with Gasteiger partial charge < -0.3 is 10.6 Å². The highest BCUT2D eigenvalue weighted by Crippen LogP contribution is 2.22. The molecule has 1 saturated heterocycles. The first-order chi connectivity index (χ1) is 8.69. The Bertz CT molecular complexity index is 363. The van der Waals surface area contributed by atoms with E-state index in [-0.39, 0.29) is 5.82 Å². The van der Waals surface area contributed by atoms with Crippen LogP contribution < -0.4 is 5.73 Å². The number of benzene rings is 1. The van der Waals surface area contributed by atoms with Crippen LogP contribution in [0.3, 0.4) is 0 Å². The summed E-state index contributed by atoms with van der Waals surface area (Å²) in [6, 6.07) is 6.83. The number of nitrogens with zero attached hydrogens (tertiary/aromatic N) is 1. The van der Waals surface area contributed by atoms with Gasteiger partial charge in [0.25, 0.3) is 0 Å². The van der Waals surface area contributed by atoms with Crippen LogP contribution >= 0.6 is 0 Å². The lowest BCUT2D eigenvalue weighted by Gasteiger charge is -2.36. The van der Waals surface area contributed by atoms with Crippen LogP contribution in [0.2, 0.25) is 0 Å². The minimum absolute atomic E-state index is 0.159. The van der Waals surface area contributed by atoms with Crippen molar-refractivity contribution in [3.63, 3.8) is 0 Å². The van der Waals surface area contributed by atoms with E-state index < -0.39 is 0 Å². The van der Waals surface area contributed by atoms with E-state index in [1.54, 1.807) is 0 Å². The average molecular weight is 250 g/mol. The fraction of sp³-hybridized carbons (Fsp3) is 0.600. The summed E-state index contributed by atoms with van der Waals surface area (Å²) < 4.78 is 12.8. The van der Waals surface area contributed by atoms with Crippen molar-refractivity contribution in [3.8, 4) is 0 Å². The van der Waals surface area contributed by atoms with Gasteiger partial charge in [-0.15, -0.1) is 0 Å². The molecule has 0 unspecified atom stereocenters. The molecular weight excluding hydrogens is 227 g/mol. The van der Waals surface area contributed by atoms with Gasteiger partial charge in [-0.2, -0.15) is 0 Å². The molecule has 2 rings (SSSR count). The zero-order valence-corrected chi connectivity index (χ0v) is 11.1. The van der Waals surface area contributed by atoms with Crippen molar-refractivity contribution in [2.24, 2.45) is 17.6 Å². The molecule has 0 bridgehead atoms. The topological polar surface area (TPSA) is 29.3 Å². The second-order valence-corrected chi connectivity index (χ2v) is 5.44. The first-order valence-electron chi connectivity index (χ1n) is 6.86. The molecule has 100 valence electrons. The van der Waals surface area contributed by atoms with E-state index in [9.17, 15) is 4.39 Å². The van der Waals surface area contributed by atoms with E-state index in [0.29, 0.717) is 5.92 Å². The van der Waals surface area contributed by atoms with Crippen molar-refractivity contribution in [2.75, 3.05) is 26.2 Å². The minimum atomic E-state index is -0.159. The fourth-order valence-electron chi connectivity index (χ4n) is 2.67. The van der Waals surface area contributed by atoms with Gasteiger partial charge in [0.15, 0.2) is 0 Å². The number of nitrogens with two attached hydrogens (primary N) is 1. The molecule has 0 amide bonds. The zero-order chi connectivity index (χ0) is 13.0. The summed E-state index contributed by atoms with van der Waals surface area (Å²) in [6.45, 7) is 6.41. The molecule has 1 aliphatic heterocycles. The Hall–Kier alpha value is -0.930. The molecule has 2 N–H and O–H groups in total. The van der Waals surface area contributed by atoms with E-state index in [2.05, 4.69) is 11.8 Å². The molecule has 2 atom stereocenters. The van der Waals surface area contributed by atoms with E-state index in [0.717, 1.165) is 32.0 Å². The third-order valence-electron chi connectivity index (χ3n) is 4.13. The van der Waals surface area contributed by atoms with Gasteiger partial charge in [-0.3, -0.25) is 0 Å². The summed E-state index contributed by atoms with van der Waals surface area (Å²) in [5.74, 6) is 1.22. The lowest BCUT2D eigenvalue weighted by molar-refractivity contribution is 0.133. The van der Waals surface area contributed by atoms with Crippen LogP contribution in [0.4, 0.5) is 4.39 Å². The van der Waals surface area contributed by atoms with Crippen molar-refractivity contribution in [2.45, 2.75) is 19.8 Å². The predicted molar refractivity (Wildman–Crippen MR) is 72.9 cm³/mol. The van der Waals surface area contributed by atoms with Crippen LogP contribution in [0.25, 0.3) is 0 Å². The van der Waals surface area contributed by atoms with Crippen LogP contribution in [0.1, 0.15) is 18.9 Å². The zero-order valence-electron chi connectivity index (χ0n) is 11.1. The second-order valence-electron chi connectivity index (χ2n) is 5.44. The first-order valence-corrected chi connectivity index (χ1v) is 6.86. The van der Waals surface area contributed by atoms with Crippen LogP contribution in [0, 0.1) is 17.7 Å². The van der Waals surface area contributed by atoms with E-state index in [1.165, 1.54) is 30.7 Å². The van der Waals surface area contributed by atoms with Crippen molar-refractivity contribution < 1.29 is 4.39 Å². The summed E-state index contributed by atoms with van der Waals surface area (Å²) in [4.78, 5) is 2.49. The monoisotopic (exact) mass is 250 g/mol. The van der Waals surface area contributed by atoms with Crippen molar-refractivity contribution in [1.82, 2.24) is 4.90 Å². The Morgan fingerprint density at radius 1 is 1.33 bits per heavy atom. The predicted octanol–water partition coefficient (Wildman–Crippen LogP) is 2.28. The van der Waals surface area contributed by atoms with Gasteiger partial charge in [0, 0.05) is 13.1 Å². The summed E-state index contributed by atoms with van der Waals surface area (Å²) in [5.41, 5.74) is 7.02. The van der Waals surface area contributed by atoms with Gasteiger partial charge in [0.05, 0.1) is 0 Å². The van der Waals surface area contributed by atoms with Gasteiger partial charge >= 0.3 is 0 Å². The Morgan fingerprint density at radius 3 is 2.72 bits per heavy atom. The third-order valence-corrected chi connectivity index (χ3v) is 4.13. The summed E-state index contributed by atoms with van der Waals surface area (Å²) in [7, 11) is 0. The van der Waals surface area contributed by atoms with Gasteiger partial charge in [-0.25, -0.2) is 4.39 Å². The normalized spacial score (nSPS) is 25.3. The maximum absolute atomic E-state index is 12.8. The number of hydrogen-bond acceptors (Lipinski definition) is 2. The Morgan fingerprint density at radius 2 is 2.06 bits per heavy atom. The molecule has 0 radical (unpaired) electrons. The molecule has 1 aromatic carbocycles.